The van der Waals surface area contributed by atoms with Crippen LogP contribution < -0.4 is 0 Å². The van der Waals surface area contributed by atoms with Gasteiger partial charge in [0.15, 0.2) is 0 Å². The Bertz CT molecular complexity index is 1160. The lowest BCUT2D eigenvalue weighted by atomic mass is 10.1. The lowest BCUT2D eigenvalue weighted by molar-refractivity contribution is 0.0730. The summed E-state index contributed by atoms with van der Waals surface area (Å²) in [5.74, 6) is 0.968. The molecule has 5 rings (SSSR count). The predicted octanol–water partition coefficient (Wildman–Crippen LogP) is 4.53. The van der Waals surface area contributed by atoms with Crippen molar-refractivity contribution < 1.29 is 4.79 Å². The van der Waals surface area contributed by atoms with Crippen molar-refractivity contribution in [1.82, 2.24) is 19.4 Å². The van der Waals surface area contributed by atoms with E-state index in [0.717, 1.165) is 41.0 Å². The van der Waals surface area contributed by atoms with Gasteiger partial charge in [0.1, 0.15) is 5.82 Å². The van der Waals surface area contributed by atoms with Crippen molar-refractivity contribution in [2.45, 2.75) is 32.4 Å². The molecule has 1 saturated carbocycles. The average molecular weight is 382 g/mol. The zero-order valence-electron chi connectivity index (χ0n) is 16.3. The van der Waals surface area contributed by atoms with Gasteiger partial charge < -0.3 is 4.90 Å². The minimum atomic E-state index is 0.0603. The first-order valence-electron chi connectivity index (χ1n) is 9.95. The minimum absolute atomic E-state index is 0.0603. The number of para-hydroxylation sites is 1. The number of benzene rings is 2. The summed E-state index contributed by atoms with van der Waals surface area (Å²) in [6.45, 7) is 2.58. The van der Waals surface area contributed by atoms with Crippen molar-refractivity contribution in [3.05, 3.63) is 90.0 Å². The number of pyridine rings is 1. The van der Waals surface area contributed by atoms with E-state index in [0.29, 0.717) is 18.2 Å². The van der Waals surface area contributed by atoms with Gasteiger partial charge in [0.05, 0.1) is 11.0 Å². The smallest absolute Gasteiger partial charge is 0.254 e. The van der Waals surface area contributed by atoms with Crippen molar-refractivity contribution in [1.29, 1.82) is 0 Å². The van der Waals surface area contributed by atoms with Crippen LogP contribution in [0.1, 0.15) is 34.6 Å². The van der Waals surface area contributed by atoms with Gasteiger partial charge in [-0.1, -0.05) is 24.3 Å². The van der Waals surface area contributed by atoms with E-state index < -0.39 is 0 Å². The number of amides is 1. The van der Waals surface area contributed by atoms with Gasteiger partial charge in [-0.3, -0.25) is 14.3 Å². The molecule has 0 bridgehead atoms. The summed E-state index contributed by atoms with van der Waals surface area (Å²) in [7, 11) is 0. The highest BCUT2D eigenvalue weighted by molar-refractivity contribution is 5.98. The van der Waals surface area contributed by atoms with Gasteiger partial charge in [-0.15, -0.1) is 0 Å². The Morgan fingerprint density at radius 1 is 1.10 bits per heavy atom. The van der Waals surface area contributed by atoms with Gasteiger partial charge in [0.25, 0.3) is 5.91 Å². The fourth-order valence-corrected chi connectivity index (χ4v) is 3.84. The van der Waals surface area contributed by atoms with Crippen LogP contribution in [0.3, 0.4) is 0 Å². The summed E-state index contributed by atoms with van der Waals surface area (Å²) in [4.78, 5) is 24.2. The first-order valence-corrected chi connectivity index (χ1v) is 9.95. The largest absolute Gasteiger partial charge is 0.331 e. The molecule has 0 saturated heterocycles. The number of carbonyl (C=O) groups excluding carboxylic acids is 1. The molecule has 1 amide bonds. The summed E-state index contributed by atoms with van der Waals surface area (Å²) in [5, 5.41) is 0. The standard InChI is InChI=1S/C24H22N4O/c1-17-26-22-14-19(9-12-23(22)28(17)21-7-3-2-4-8-21)24(29)27(20-10-11-20)16-18-6-5-13-25-15-18/h2-9,12-15,20H,10-11,16H2,1H3. The van der Waals surface area contributed by atoms with Crippen molar-refractivity contribution in [2.75, 3.05) is 0 Å². The molecule has 1 fully saturated rings. The molecule has 1 aliphatic rings. The Hall–Kier alpha value is -3.47. The number of rotatable bonds is 5. The van der Waals surface area contributed by atoms with Crippen LogP contribution in [-0.4, -0.2) is 31.4 Å². The van der Waals surface area contributed by atoms with E-state index in [1.807, 2.05) is 66.6 Å². The molecule has 0 radical (unpaired) electrons. The summed E-state index contributed by atoms with van der Waals surface area (Å²) in [6, 6.07) is 20.3. The third-order valence-corrected chi connectivity index (χ3v) is 5.41. The van der Waals surface area contributed by atoms with E-state index in [1.54, 1.807) is 6.20 Å². The molecule has 4 aromatic rings. The van der Waals surface area contributed by atoms with Gasteiger partial charge in [-0.05, 0) is 61.7 Å². The zero-order chi connectivity index (χ0) is 19.8. The fraction of sp³-hybridized carbons (Fsp3) is 0.208. The van der Waals surface area contributed by atoms with Crippen molar-refractivity contribution >= 4 is 16.9 Å². The van der Waals surface area contributed by atoms with E-state index in [2.05, 4.69) is 21.7 Å². The second kappa shape index (κ2) is 7.17. The van der Waals surface area contributed by atoms with Gasteiger partial charge in [-0.25, -0.2) is 4.98 Å². The molecule has 0 unspecified atom stereocenters. The Morgan fingerprint density at radius 3 is 2.66 bits per heavy atom. The molecule has 0 N–H and O–H groups in total. The monoisotopic (exact) mass is 382 g/mol. The molecule has 5 heteroatoms. The summed E-state index contributed by atoms with van der Waals surface area (Å²) >= 11 is 0. The quantitative estimate of drug-likeness (QED) is 0.509. The van der Waals surface area contributed by atoms with Crippen LogP contribution >= 0.6 is 0 Å². The number of fused-ring (bicyclic) bond motifs is 1. The fourth-order valence-electron chi connectivity index (χ4n) is 3.84. The molecule has 0 atom stereocenters. The minimum Gasteiger partial charge on any atom is -0.331 e. The Labute approximate surface area is 169 Å². The molecule has 0 aliphatic heterocycles. The van der Waals surface area contributed by atoms with Crippen LogP contribution in [-0.2, 0) is 6.54 Å². The van der Waals surface area contributed by atoms with Crippen molar-refractivity contribution in [2.24, 2.45) is 0 Å². The van der Waals surface area contributed by atoms with Gasteiger partial charge in [0.2, 0.25) is 0 Å². The molecule has 2 aromatic heterocycles. The number of imidazole rings is 1. The second-order valence-corrected chi connectivity index (χ2v) is 7.56. The molecule has 29 heavy (non-hydrogen) atoms. The highest BCUT2D eigenvalue weighted by atomic mass is 16.2. The Kier molecular flexibility index (Phi) is 4.35. The van der Waals surface area contributed by atoms with Crippen LogP contribution in [0.15, 0.2) is 73.1 Å². The Morgan fingerprint density at radius 2 is 1.93 bits per heavy atom. The number of hydrogen-bond acceptors (Lipinski definition) is 3. The SMILES string of the molecule is Cc1nc2cc(C(=O)N(Cc3cccnc3)C3CC3)ccc2n1-c1ccccc1. The molecule has 2 aromatic carbocycles. The average Bonchev–Trinajstić information content (AvgIpc) is 3.54. The predicted molar refractivity (Wildman–Crippen MR) is 113 cm³/mol. The van der Waals surface area contributed by atoms with E-state index in [-0.39, 0.29) is 5.91 Å². The maximum Gasteiger partial charge on any atom is 0.254 e. The lowest BCUT2D eigenvalue weighted by Gasteiger charge is -2.22. The van der Waals surface area contributed by atoms with Crippen molar-refractivity contribution in [3.63, 3.8) is 0 Å². The van der Waals surface area contributed by atoms with Gasteiger partial charge in [0, 0.05) is 36.2 Å². The topological polar surface area (TPSA) is 51.0 Å². The molecule has 0 spiro atoms. The van der Waals surface area contributed by atoms with Crippen molar-refractivity contribution in [3.8, 4) is 5.69 Å². The third-order valence-electron chi connectivity index (χ3n) is 5.41. The highest BCUT2D eigenvalue weighted by Gasteiger charge is 2.33. The summed E-state index contributed by atoms with van der Waals surface area (Å²) in [5.41, 5.74) is 4.66. The number of carbonyl (C=O) groups is 1. The molecule has 5 nitrogen and oxygen atoms in total. The summed E-state index contributed by atoms with van der Waals surface area (Å²) in [6.07, 6.45) is 5.72. The molecule has 1 aliphatic carbocycles. The van der Waals surface area contributed by atoms with Crippen LogP contribution in [0.25, 0.3) is 16.7 Å². The number of aromatic nitrogens is 3. The summed E-state index contributed by atoms with van der Waals surface area (Å²) < 4.78 is 2.12. The maximum absolute atomic E-state index is 13.3. The van der Waals surface area contributed by atoms with E-state index >= 15 is 0 Å². The normalized spacial score (nSPS) is 13.6. The molecular weight excluding hydrogens is 360 g/mol. The van der Waals surface area contributed by atoms with Crippen LogP contribution in [0.5, 0.6) is 0 Å². The Balaban J connectivity index is 1.49. The molecule has 2 heterocycles. The van der Waals surface area contributed by atoms with E-state index in [9.17, 15) is 4.79 Å². The van der Waals surface area contributed by atoms with Gasteiger partial charge in [-0.2, -0.15) is 0 Å². The van der Waals surface area contributed by atoms with Crippen LogP contribution in [0, 0.1) is 6.92 Å². The van der Waals surface area contributed by atoms with E-state index in [1.165, 1.54) is 0 Å². The highest BCUT2D eigenvalue weighted by Crippen LogP contribution is 2.30. The van der Waals surface area contributed by atoms with Gasteiger partial charge >= 0.3 is 0 Å². The first kappa shape index (κ1) is 17.6. The van der Waals surface area contributed by atoms with Crippen LogP contribution in [0.4, 0.5) is 0 Å². The zero-order valence-corrected chi connectivity index (χ0v) is 16.3. The number of nitrogens with zero attached hydrogens (tertiary/aromatic N) is 4. The van der Waals surface area contributed by atoms with Crippen LogP contribution in [0.2, 0.25) is 0 Å². The first-order chi connectivity index (χ1) is 14.2. The second-order valence-electron chi connectivity index (χ2n) is 7.56. The molecular formula is C24H22N4O. The molecule has 144 valence electrons. The lowest BCUT2D eigenvalue weighted by Crippen LogP contribution is -2.32. The number of hydrogen-bond donors (Lipinski definition) is 0. The maximum atomic E-state index is 13.3. The van der Waals surface area contributed by atoms with E-state index in [4.69, 9.17) is 4.98 Å². The number of aryl methyl sites for hydroxylation is 1. The third kappa shape index (κ3) is 3.40.